The van der Waals surface area contributed by atoms with Gasteiger partial charge in [0, 0.05) is 6.61 Å². The highest BCUT2D eigenvalue weighted by Crippen LogP contribution is 2.31. The number of rotatable bonds is 3. The Labute approximate surface area is 75.0 Å². The lowest BCUT2D eigenvalue weighted by Crippen LogP contribution is -2.32. The van der Waals surface area contributed by atoms with Crippen LogP contribution in [0.25, 0.3) is 0 Å². The number of aliphatic hydroxyl groups excluding tert-OH is 1. The molecule has 1 atom stereocenters. The van der Waals surface area contributed by atoms with Crippen LogP contribution in [0.1, 0.15) is 6.92 Å². The van der Waals surface area contributed by atoms with Gasteiger partial charge >= 0.3 is 0 Å². The van der Waals surface area contributed by atoms with Gasteiger partial charge in [-0.2, -0.15) is 0 Å². The standard InChI is InChI=1S/C5H9Cl3O2/c1-2-10-4(3-9)5(6,7)8/h4,9H,2-3H2,1H3. The molecule has 0 saturated heterocycles. The molecule has 0 radical (unpaired) electrons. The Morgan fingerprint density at radius 1 is 1.50 bits per heavy atom. The Morgan fingerprint density at radius 2 is 2.00 bits per heavy atom. The number of halogens is 3. The van der Waals surface area contributed by atoms with Gasteiger partial charge < -0.3 is 9.84 Å². The van der Waals surface area contributed by atoms with E-state index in [1.165, 1.54) is 0 Å². The number of alkyl halides is 3. The zero-order valence-electron chi connectivity index (χ0n) is 5.48. The summed E-state index contributed by atoms with van der Waals surface area (Å²) in [4.78, 5) is 0. The average Bonchev–Trinajstić information content (AvgIpc) is 1.80. The monoisotopic (exact) mass is 206 g/mol. The molecule has 10 heavy (non-hydrogen) atoms. The molecule has 1 N–H and O–H groups in total. The third kappa shape index (κ3) is 3.84. The van der Waals surface area contributed by atoms with E-state index in [-0.39, 0.29) is 6.61 Å². The molecule has 0 saturated carbocycles. The van der Waals surface area contributed by atoms with Gasteiger partial charge in [-0.05, 0) is 6.92 Å². The third-order valence-corrected chi connectivity index (χ3v) is 1.63. The summed E-state index contributed by atoms with van der Waals surface area (Å²) < 4.78 is 3.37. The Bertz CT molecular complexity index is 91.4. The maximum Gasteiger partial charge on any atom is 0.218 e. The van der Waals surface area contributed by atoms with Gasteiger partial charge in [0.15, 0.2) is 0 Å². The van der Waals surface area contributed by atoms with Crippen LogP contribution < -0.4 is 0 Å². The lowest BCUT2D eigenvalue weighted by atomic mass is 10.4. The van der Waals surface area contributed by atoms with Crippen LogP contribution in [0, 0.1) is 0 Å². The van der Waals surface area contributed by atoms with Crippen LogP contribution in [-0.4, -0.2) is 28.2 Å². The maximum atomic E-state index is 8.61. The quantitative estimate of drug-likeness (QED) is 0.715. The van der Waals surface area contributed by atoms with Crippen LogP contribution >= 0.6 is 34.8 Å². The minimum absolute atomic E-state index is 0.287. The molecule has 5 heteroatoms. The van der Waals surface area contributed by atoms with Crippen molar-refractivity contribution >= 4 is 34.8 Å². The highest BCUT2D eigenvalue weighted by Gasteiger charge is 2.32. The maximum absolute atomic E-state index is 8.61. The second-order valence-corrected chi connectivity index (χ2v) is 4.04. The van der Waals surface area contributed by atoms with E-state index in [1.54, 1.807) is 6.92 Å². The first-order chi connectivity index (χ1) is 4.52. The predicted molar refractivity (Wildman–Crippen MR) is 42.8 cm³/mol. The summed E-state index contributed by atoms with van der Waals surface area (Å²) in [6, 6.07) is 0. The van der Waals surface area contributed by atoms with Crippen LogP contribution in [0.5, 0.6) is 0 Å². The van der Waals surface area contributed by atoms with Crippen molar-refractivity contribution in [2.45, 2.75) is 16.8 Å². The fourth-order valence-corrected chi connectivity index (χ4v) is 0.848. The van der Waals surface area contributed by atoms with Crippen LogP contribution in [0.15, 0.2) is 0 Å². The summed E-state index contributed by atoms with van der Waals surface area (Å²) in [5.74, 6) is 0. The van der Waals surface area contributed by atoms with Crippen molar-refractivity contribution in [2.24, 2.45) is 0 Å². The molecule has 1 unspecified atom stereocenters. The molecule has 0 spiro atoms. The SMILES string of the molecule is CCOC(CO)C(Cl)(Cl)Cl. The molecule has 0 aliphatic rings. The lowest BCUT2D eigenvalue weighted by molar-refractivity contribution is 0.0228. The molecule has 2 nitrogen and oxygen atoms in total. The highest BCUT2D eigenvalue weighted by atomic mass is 35.6. The molecule has 0 aromatic carbocycles. The van der Waals surface area contributed by atoms with E-state index < -0.39 is 9.90 Å². The topological polar surface area (TPSA) is 29.5 Å². The molecule has 0 aliphatic carbocycles. The van der Waals surface area contributed by atoms with Crippen molar-refractivity contribution < 1.29 is 9.84 Å². The third-order valence-electron chi connectivity index (χ3n) is 0.899. The van der Waals surface area contributed by atoms with E-state index >= 15 is 0 Å². The first-order valence-electron chi connectivity index (χ1n) is 2.81. The second-order valence-electron chi connectivity index (χ2n) is 1.67. The van der Waals surface area contributed by atoms with E-state index in [4.69, 9.17) is 44.6 Å². The van der Waals surface area contributed by atoms with Crippen molar-refractivity contribution in [2.75, 3.05) is 13.2 Å². The van der Waals surface area contributed by atoms with Gasteiger partial charge in [0.25, 0.3) is 0 Å². The second kappa shape index (κ2) is 4.62. The molecule has 0 aromatic rings. The Morgan fingerprint density at radius 3 is 2.10 bits per heavy atom. The van der Waals surface area contributed by atoms with Gasteiger partial charge in [0.05, 0.1) is 6.61 Å². The van der Waals surface area contributed by atoms with Gasteiger partial charge in [-0.15, -0.1) is 0 Å². The summed E-state index contributed by atoms with van der Waals surface area (Å²) in [7, 11) is 0. The number of aliphatic hydroxyl groups is 1. The molecule has 0 amide bonds. The average molecular weight is 207 g/mol. The smallest absolute Gasteiger partial charge is 0.218 e. The van der Waals surface area contributed by atoms with Crippen molar-refractivity contribution in [3.05, 3.63) is 0 Å². The van der Waals surface area contributed by atoms with Gasteiger partial charge in [0.2, 0.25) is 3.79 Å². The van der Waals surface area contributed by atoms with Crippen molar-refractivity contribution in [3.8, 4) is 0 Å². The summed E-state index contributed by atoms with van der Waals surface area (Å²) in [6.07, 6.45) is -0.734. The molecule has 0 fully saturated rings. The van der Waals surface area contributed by atoms with Crippen LogP contribution in [0.4, 0.5) is 0 Å². The normalized spacial score (nSPS) is 15.3. The molecule has 0 rings (SSSR count). The number of hydrogen-bond acceptors (Lipinski definition) is 2. The van der Waals surface area contributed by atoms with Gasteiger partial charge in [-0.1, -0.05) is 34.8 Å². The highest BCUT2D eigenvalue weighted by molar-refractivity contribution is 6.68. The zero-order chi connectivity index (χ0) is 8.20. The molecule has 0 aliphatic heterocycles. The van der Waals surface area contributed by atoms with Gasteiger partial charge in [0.1, 0.15) is 6.10 Å². The van der Waals surface area contributed by atoms with Crippen molar-refractivity contribution in [3.63, 3.8) is 0 Å². The minimum Gasteiger partial charge on any atom is -0.394 e. The summed E-state index contributed by atoms with van der Waals surface area (Å²) in [5.41, 5.74) is 0. The largest absolute Gasteiger partial charge is 0.394 e. The van der Waals surface area contributed by atoms with Gasteiger partial charge in [-0.25, -0.2) is 0 Å². The van der Waals surface area contributed by atoms with E-state index in [0.29, 0.717) is 6.61 Å². The summed E-state index contributed by atoms with van der Waals surface area (Å²) >= 11 is 16.3. The fourth-order valence-electron chi connectivity index (χ4n) is 0.452. The predicted octanol–water partition coefficient (Wildman–Crippen LogP) is 1.75. The Kier molecular flexibility index (Phi) is 4.99. The van der Waals surface area contributed by atoms with Crippen LogP contribution in [-0.2, 0) is 4.74 Å². The first-order valence-corrected chi connectivity index (χ1v) is 3.95. The van der Waals surface area contributed by atoms with Gasteiger partial charge in [-0.3, -0.25) is 0 Å². The summed E-state index contributed by atoms with van der Waals surface area (Å²) in [6.45, 7) is 1.89. The van der Waals surface area contributed by atoms with Crippen molar-refractivity contribution in [1.29, 1.82) is 0 Å². The zero-order valence-corrected chi connectivity index (χ0v) is 7.75. The number of ether oxygens (including phenoxy) is 1. The van der Waals surface area contributed by atoms with E-state index in [1.807, 2.05) is 0 Å². The number of hydrogen-bond donors (Lipinski definition) is 1. The summed E-state index contributed by atoms with van der Waals surface area (Å²) in [5, 5.41) is 8.61. The van der Waals surface area contributed by atoms with Crippen LogP contribution in [0.3, 0.4) is 0 Å². The van der Waals surface area contributed by atoms with Crippen molar-refractivity contribution in [1.82, 2.24) is 0 Å². The molecule has 62 valence electrons. The lowest BCUT2D eigenvalue weighted by Gasteiger charge is -2.21. The molecule has 0 bridgehead atoms. The fraction of sp³-hybridized carbons (Fsp3) is 1.00. The molecule has 0 aromatic heterocycles. The molecular weight excluding hydrogens is 198 g/mol. The van der Waals surface area contributed by atoms with Crippen LogP contribution in [0.2, 0.25) is 0 Å². The van der Waals surface area contributed by atoms with E-state index in [2.05, 4.69) is 0 Å². The molecule has 0 heterocycles. The minimum atomic E-state index is -1.54. The Hall–Kier alpha value is 0.790. The Balaban J connectivity index is 3.81. The van der Waals surface area contributed by atoms with E-state index in [9.17, 15) is 0 Å². The first kappa shape index (κ1) is 10.8. The molecular formula is C5H9Cl3O2. The van der Waals surface area contributed by atoms with E-state index in [0.717, 1.165) is 0 Å².